The van der Waals surface area contributed by atoms with Gasteiger partial charge < -0.3 is 4.98 Å². The Labute approximate surface area is 125 Å². The predicted octanol–water partition coefficient (Wildman–Crippen LogP) is 2.86. The highest BCUT2D eigenvalue weighted by molar-refractivity contribution is 5.78. The topological polar surface area (TPSA) is 49.0 Å². The van der Waals surface area contributed by atoms with Crippen molar-refractivity contribution < 1.29 is 0 Å². The number of rotatable bonds is 3. The Kier molecular flexibility index (Phi) is 4.06. The Morgan fingerprint density at radius 2 is 2.24 bits per heavy atom. The Balaban J connectivity index is 1.90. The van der Waals surface area contributed by atoms with Gasteiger partial charge in [0.25, 0.3) is 5.56 Å². The molecule has 1 N–H and O–H groups in total. The second kappa shape index (κ2) is 5.98. The molecule has 2 aromatic rings. The highest BCUT2D eigenvalue weighted by atomic mass is 16.1. The van der Waals surface area contributed by atoms with Crippen molar-refractivity contribution in [3.05, 3.63) is 39.9 Å². The predicted molar refractivity (Wildman–Crippen MR) is 85.5 cm³/mol. The second-order valence-corrected chi connectivity index (χ2v) is 6.03. The quantitative estimate of drug-likeness (QED) is 0.943. The van der Waals surface area contributed by atoms with Crippen LogP contribution in [0.3, 0.4) is 0 Å². The monoisotopic (exact) mass is 285 g/mol. The molecule has 3 rings (SSSR count). The fourth-order valence-electron chi connectivity index (χ4n) is 3.13. The Morgan fingerprint density at radius 3 is 3.00 bits per heavy atom. The van der Waals surface area contributed by atoms with Crippen LogP contribution in [0.1, 0.15) is 44.5 Å². The van der Waals surface area contributed by atoms with E-state index < -0.39 is 0 Å². The molecule has 1 unspecified atom stereocenters. The molecule has 1 saturated heterocycles. The van der Waals surface area contributed by atoms with Crippen LogP contribution in [-0.2, 0) is 13.0 Å². The van der Waals surface area contributed by atoms with Crippen molar-refractivity contribution in [2.45, 2.75) is 52.1 Å². The zero-order valence-electron chi connectivity index (χ0n) is 12.9. The van der Waals surface area contributed by atoms with Gasteiger partial charge in [-0.25, -0.2) is 4.98 Å². The average Bonchev–Trinajstić information content (AvgIpc) is 2.50. The van der Waals surface area contributed by atoms with Crippen molar-refractivity contribution in [3.8, 4) is 0 Å². The van der Waals surface area contributed by atoms with Gasteiger partial charge in [0, 0.05) is 19.0 Å². The van der Waals surface area contributed by atoms with E-state index in [-0.39, 0.29) is 5.56 Å². The number of hydrogen-bond acceptors (Lipinski definition) is 3. The van der Waals surface area contributed by atoms with Gasteiger partial charge >= 0.3 is 0 Å². The molecule has 0 radical (unpaired) electrons. The summed E-state index contributed by atoms with van der Waals surface area (Å²) in [5.41, 5.74) is 1.98. The minimum atomic E-state index is -0.0228. The van der Waals surface area contributed by atoms with E-state index in [2.05, 4.69) is 27.9 Å². The number of aryl methyl sites for hydroxylation is 1. The number of H-pyrrole nitrogens is 1. The number of aromatic nitrogens is 2. The number of fused-ring (bicyclic) bond motifs is 1. The van der Waals surface area contributed by atoms with Gasteiger partial charge in [-0.15, -0.1) is 0 Å². The van der Waals surface area contributed by atoms with Crippen molar-refractivity contribution in [1.29, 1.82) is 0 Å². The average molecular weight is 285 g/mol. The summed E-state index contributed by atoms with van der Waals surface area (Å²) in [7, 11) is 0. The summed E-state index contributed by atoms with van der Waals surface area (Å²) in [6.45, 7) is 6.37. The molecule has 1 aromatic heterocycles. The van der Waals surface area contributed by atoms with Crippen LogP contribution in [0.15, 0.2) is 23.0 Å². The Hall–Kier alpha value is -1.68. The van der Waals surface area contributed by atoms with E-state index in [1.165, 1.54) is 24.8 Å². The molecule has 21 heavy (non-hydrogen) atoms. The molecule has 112 valence electrons. The fourth-order valence-corrected chi connectivity index (χ4v) is 3.13. The molecule has 1 aliphatic rings. The zero-order valence-corrected chi connectivity index (χ0v) is 12.9. The third-order valence-electron chi connectivity index (χ3n) is 4.48. The maximum absolute atomic E-state index is 12.2. The maximum Gasteiger partial charge on any atom is 0.258 e. The lowest BCUT2D eigenvalue weighted by atomic mass is 10.0. The number of nitrogens with zero attached hydrogens (tertiary/aromatic N) is 2. The van der Waals surface area contributed by atoms with Gasteiger partial charge in [-0.1, -0.05) is 19.4 Å². The van der Waals surface area contributed by atoms with Gasteiger partial charge in [-0.05, 0) is 44.0 Å². The molecule has 4 nitrogen and oxygen atoms in total. The molecular weight excluding hydrogens is 262 g/mol. The largest absolute Gasteiger partial charge is 0.310 e. The van der Waals surface area contributed by atoms with E-state index in [1.54, 1.807) is 0 Å². The number of nitrogens with one attached hydrogen (secondary N) is 1. The first-order valence-electron chi connectivity index (χ1n) is 7.93. The van der Waals surface area contributed by atoms with Crippen LogP contribution >= 0.6 is 0 Å². The molecule has 1 aromatic carbocycles. The summed E-state index contributed by atoms with van der Waals surface area (Å²) in [5.74, 6) is 0.755. The van der Waals surface area contributed by atoms with Crippen LogP contribution in [0, 0.1) is 0 Å². The summed E-state index contributed by atoms with van der Waals surface area (Å²) < 4.78 is 0. The second-order valence-electron chi connectivity index (χ2n) is 6.03. The van der Waals surface area contributed by atoms with Crippen LogP contribution in [0.5, 0.6) is 0 Å². The molecule has 0 amide bonds. The van der Waals surface area contributed by atoms with Gasteiger partial charge in [0.05, 0.1) is 10.9 Å². The SMILES string of the molecule is CCc1nc2ccc(CN3CCCCC3C)cc2c(=O)[nH]1. The molecule has 2 heterocycles. The van der Waals surface area contributed by atoms with E-state index in [4.69, 9.17) is 0 Å². The van der Waals surface area contributed by atoms with Crippen LogP contribution in [0.4, 0.5) is 0 Å². The lowest BCUT2D eigenvalue weighted by molar-refractivity contribution is 0.152. The van der Waals surface area contributed by atoms with Gasteiger partial charge in [0.15, 0.2) is 0 Å². The minimum Gasteiger partial charge on any atom is -0.310 e. The first-order valence-corrected chi connectivity index (χ1v) is 7.93. The number of hydrogen-bond donors (Lipinski definition) is 1. The van der Waals surface area contributed by atoms with E-state index in [0.717, 1.165) is 30.9 Å². The van der Waals surface area contributed by atoms with E-state index >= 15 is 0 Å². The number of likely N-dealkylation sites (tertiary alicyclic amines) is 1. The van der Waals surface area contributed by atoms with Crippen LogP contribution in [-0.4, -0.2) is 27.5 Å². The van der Waals surface area contributed by atoms with Crippen LogP contribution in [0.25, 0.3) is 10.9 Å². The van der Waals surface area contributed by atoms with Crippen molar-refractivity contribution in [2.75, 3.05) is 6.54 Å². The highest BCUT2D eigenvalue weighted by Gasteiger charge is 2.18. The lowest BCUT2D eigenvalue weighted by Gasteiger charge is -2.33. The number of piperidine rings is 1. The highest BCUT2D eigenvalue weighted by Crippen LogP contribution is 2.20. The summed E-state index contributed by atoms with van der Waals surface area (Å²) in [4.78, 5) is 22.0. The first-order chi connectivity index (χ1) is 10.2. The number of aromatic amines is 1. The molecule has 0 saturated carbocycles. The molecule has 1 atom stereocenters. The zero-order chi connectivity index (χ0) is 14.8. The maximum atomic E-state index is 12.2. The molecular formula is C17H23N3O. The smallest absolute Gasteiger partial charge is 0.258 e. The van der Waals surface area contributed by atoms with Crippen molar-refractivity contribution >= 4 is 10.9 Å². The third-order valence-corrected chi connectivity index (χ3v) is 4.48. The summed E-state index contributed by atoms with van der Waals surface area (Å²) in [6.07, 6.45) is 4.63. The van der Waals surface area contributed by atoms with E-state index in [0.29, 0.717) is 11.4 Å². The molecule has 0 bridgehead atoms. The molecule has 0 spiro atoms. The third kappa shape index (κ3) is 3.00. The van der Waals surface area contributed by atoms with Crippen molar-refractivity contribution in [2.24, 2.45) is 0 Å². The molecule has 1 aliphatic heterocycles. The standard InChI is InChI=1S/C17H23N3O/c1-3-16-18-15-8-7-13(10-14(15)17(21)19-16)11-20-9-5-4-6-12(20)2/h7-8,10,12H,3-6,9,11H2,1-2H3,(H,18,19,21). The van der Waals surface area contributed by atoms with Gasteiger partial charge in [0.1, 0.15) is 5.82 Å². The molecule has 1 fully saturated rings. The van der Waals surface area contributed by atoms with E-state index in [9.17, 15) is 4.79 Å². The summed E-state index contributed by atoms with van der Waals surface area (Å²) in [6, 6.07) is 6.72. The fraction of sp³-hybridized carbons (Fsp3) is 0.529. The van der Waals surface area contributed by atoms with Crippen LogP contribution in [0.2, 0.25) is 0 Å². The van der Waals surface area contributed by atoms with Gasteiger partial charge in [-0.2, -0.15) is 0 Å². The molecule has 0 aliphatic carbocycles. The Bertz CT molecular complexity index is 692. The van der Waals surface area contributed by atoms with Crippen molar-refractivity contribution in [3.63, 3.8) is 0 Å². The Morgan fingerprint density at radius 1 is 1.38 bits per heavy atom. The van der Waals surface area contributed by atoms with Crippen LogP contribution < -0.4 is 5.56 Å². The molecule has 4 heteroatoms. The normalized spacial score (nSPS) is 20.0. The summed E-state index contributed by atoms with van der Waals surface area (Å²) in [5, 5.41) is 0.703. The first kappa shape index (κ1) is 14.3. The van der Waals surface area contributed by atoms with Gasteiger partial charge in [0.2, 0.25) is 0 Å². The number of benzene rings is 1. The minimum absolute atomic E-state index is 0.0228. The van der Waals surface area contributed by atoms with Gasteiger partial charge in [-0.3, -0.25) is 9.69 Å². The van der Waals surface area contributed by atoms with Crippen molar-refractivity contribution in [1.82, 2.24) is 14.9 Å². The lowest BCUT2D eigenvalue weighted by Crippen LogP contribution is -2.36. The van der Waals surface area contributed by atoms with E-state index in [1.807, 2.05) is 19.1 Å². The summed E-state index contributed by atoms with van der Waals surface area (Å²) >= 11 is 0.